The van der Waals surface area contributed by atoms with Gasteiger partial charge in [-0.05, 0) is 50.4 Å². The van der Waals surface area contributed by atoms with Crippen LogP contribution in [0.3, 0.4) is 0 Å². The highest BCUT2D eigenvalue weighted by Crippen LogP contribution is 2.31. The van der Waals surface area contributed by atoms with E-state index in [4.69, 9.17) is 11.6 Å². The number of benzene rings is 1. The zero-order valence-electron chi connectivity index (χ0n) is 12.2. The maximum Gasteiger partial charge on any atom is 0.227 e. The number of rotatable bonds is 4. The molecule has 1 fully saturated rings. The fraction of sp³-hybridized carbons (Fsp3) is 0.562. The molecule has 1 aliphatic rings. The zero-order valence-corrected chi connectivity index (χ0v) is 13.0. The van der Waals surface area contributed by atoms with E-state index in [-0.39, 0.29) is 17.4 Å². The number of amides is 1. The van der Waals surface area contributed by atoms with E-state index in [1.54, 1.807) is 0 Å². The smallest absolute Gasteiger partial charge is 0.227 e. The fourth-order valence-electron chi connectivity index (χ4n) is 2.81. The maximum atomic E-state index is 12.6. The topological polar surface area (TPSA) is 41.1 Å². The monoisotopic (exact) mass is 294 g/mol. The molecule has 1 saturated heterocycles. The van der Waals surface area contributed by atoms with Crippen molar-refractivity contribution in [3.05, 3.63) is 34.9 Å². The first kappa shape index (κ1) is 15.3. The van der Waals surface area contributed by atoms with Gasteiger partial charge >= 0.3 is 0 Å². The van der Waals surface area contributed by atoms with Gasteiger partial charge in [0.2, 0.25) is 5.91 Å². The third-order valence-corrected chi connectivity index (χ3v) is 4.60. The van der Waals surface area contributed by atoms with Crippen LogP contribution in [0.1, 0.15) is 44.7 Å². The fourth-order valence-corrected chi connectivity index (χ4v) is 2.93. The molecule has 0 aliphatic carbocycles. The highest BCUT2D eigenvalue weighted by Gasteiger charge is 2.38. The summed E-state index contributed by atoms with van der Waals surface area (Å²) in [4.78, 5) is 12.6. The number of nitrogens with one attached hydrogen (secondary N) is 2. The summed E-state index contributed by atoms with van der Waals surface area (Å²) in [5.74, 6) is 0.162. The molecule has 2 atom stereocenters. The summed E-state index contributed by atoms with van der Waals surface area (Å²) in [5.41, 5.74) is 0.830. The number of carbonyl (C=O) groups is 1. The third kappa shape index (κ3) is 3.33. The van der Waals surface area contributed by atoms with Gasteiger partial charge in [0.25, 0.3) is 0 Å². The first-order valence-corrected chi connectivity index (χ1v) is 7.72. The van der Waals surface area contributed by atoms with Crippen LogP contribution in [0, 0.1) is 5.41 Å². The predicted molar refractivity (Wildman–Crippen MR) is 82.8 cm³/mol. The highest BCUT2D eigenvalue weighted by atomic mass is 35.5. The molecule has 4 heteroatoms. The Hall–Kier alpha value is -1.06. The van der Waals surface area contributed by atoms with Crippen LogP contribution in [0.5, 0.6) is 0 Å². The van der Waals surface area contributed by atoms with Crippen molar-refractivity contribution in [1.29, 1.82) is 0 Å². The van der Waals surface area contributed by atoms with Crippen LogP contribution >= 0.6 is 11.6 Å². The molecule has 1 aliphatic heterocycles. The van der Waals surface area contributed by atoms with Gasteiger partial charge in [-0.1, -0.05) is 30.7 Å². The van der Waals surface area contributed by atoms with Crippen molar-refractivity contribution in [3.63, 3.8) is 0 Å². The Morgan fingerprint density at radius 1 is 1.45 bits per heavy atom. The minimum atomic E-state index is -0.251. The van der Waals surface area contributed by atoms with Crippen molar-refractivity contribution in [3.8, 4) is 0 Å². The summed E-state index contributed by atoms with van der Waals surface area (Å²) < 4.78 is 0. The van der Waals surface area contributed by atoms with E-state index in [0.29, 0.717) is 5.02 Å². The predicted octanol–water partition coefficient (Wildman–Crippen LogP) is 3.30. The van der Waals surface area contributed by atoms with Gasteiger partial charge < -0.3 is 10.6 Å². The lowest BCUT2D eigenvalue weighted by atomic mass is 9.77. The number of hydrogen-bond donors (Lipinski definition) is 2. The molecule has 3 nitrogen and oxygen atoms in total. The Morgan fingerprint density at radius 3 is 2.70 bits per heavy atom. The standard InChI is InChI=1S/C16H23ClN2O/c1-3-16(9-4-10-18-11-16)15(20)19-12(2)13-5-7-14(17)8-6-13/h5-8,12,18H,3-4,9-11H2,1-2H3,(H,19,20)/t12-,16?/m0/s1. The summed E-state index contributed by atoms with van der Waals surface area (Å²) in [6.45, 7) is 5.91. The molecule has 110 valence electrons. The summed E-state index contributed by atoms with van der Waals surface area (Å²) >= 11 is 5.89. The average molecular weight is 295 g/mol. The van der Waals surface area contributed by atoms with Crippen molar-refractivity contribution in [1.82, 2.24) is 10.6 Å². The van der Waals surface area contributed by atoms with Crippen molar-refractivity contribution in [2.45, 2.75) is 39.2 Å². The van der Waals surface area contributed by atoms with E-state index >= 15 is 0 Å². The van der Waals surface area contributed by atoms with Gasteiger partial charge in [-0.25, -0.2) is 0 Å². The van der Waals surface area contributed by atoms with E-state index < -0.39 is 0 Å². The molecule has 1 aromatic carbocycles. The van der Waals surface area contributed by atoms with Crippen LogP contribution in [0.2, 0.25) is 5.02 Å². The van der Waals surface area contributed by atoms with E-state index in [1.807, 2.05) is 31.2 Å². The van der Waals surface area contributed by atoms with Crippen LogP contribution in [0.4, 0.5) is 0 Å². The second-order valence-electron chi connectivity index (χ2n) is 5.66. The van der Waals surface area contributed by atoms with Gasteiger partial charge in [0.05, 0.1) is 11.5 Å². The van der Waals surface area contributed by atoms with Gasteiger partial charge in [-0.2, -0.15) is 0 Å². The van der Waals surface area contributed by atoms with Crippen molar-refractivity contribution in [2.75, 3.05) is 13.1 Å². The largest absolute Gasteiger partial charge is 0.349 e. The van der Waals surface area contributed by atoms with Gasteiger partial charge in [0, 0.05) is 11.6 Å². The number of halogens is 1. The molecule has 2 N–H and O–H groups in total. The minimum Gasteiger partial charge on any atom is -0.349 e. The Bertz CT molecular complexity index is 452. The molecule has 0 bridgehead atoms. The zero-order chi connectivity index (χ0) is 14.6. The lowest BCUT2D eigenvalue weighted by Crippen LogP contribution is -2.50. The quantitative estimate of drug-likeness (QED) is 0.894. The Kier molecular flexibility index (Phi) is 5.06. The van der Waals surface area contributed by atoms with Crippen molar-refractivity contribution < 1.29 is 4.79 Å². The molecular formula is C16H23ClN2O. The molecule has 1 unspecified atom stereocenters. The van der Waals surface area contributed by atoms with E-state index in [1.165, 1.54) is 0 Å². The highest BCUT2D eigenvalue weighted by molar-refractivity contribution is 6.30. The molecule has 0 radical (unpaired) electrons. The second-order valence-corrected chi connectivity index (χ2v) is 6.10. The first-order chi connectivity index (χ1) is 9.57. The number of hydrogen-bond acceptors (Lipinski definition) is 2. The molecule has 1 aromatic rings. The number of carbonyl (C=O) groups excluding carboxylic acids is 1. The lowest BCUT2D eigenvalue weighted by Gasteiger charge is -2.36. The van der Waals surface area contributed by atoms with Crippen molar-refractivity contribution >= 4 is 17.5 Å². The third-order valence-electron chi connectivity index (χ3n) is 4.35. The minimum absolute atomic E-state index is 0.00474. The molecule has 2 rings (SSSR count). The van der Waals surface area contributed by atoms with Crippen LogP contribution in [-0.2, 0) is 4.79 Å². The summed E-state index contributed by atoms with van der Waals surface area (Å²) in [5, 5.41) is 7.22. The Labute approximate surface area is 126 Å². The van der Waals surface area contributed by atoms with Crippen LogP contribution in [0.15, 0.2) is 24.3 Å². The molecule has 1 heterocycles. The molecular weight excluding hydrogens is 272 g/mol. The SMILES string of the molecule is CCC1(C(=O)N[C@@H](C)c2ccc(Cl)cc2)CCCNC1. The summed E-state index contributed by atoms with van der Waals surface area (Å²) in [7, 11) is 0. The summed E-state index contributed by atoms with van der Waals surface area (Å²) in [6, 6.07) is 7.65. The lowest BCUT2D eigenvalue weighted by molar-refractivity contribution is -0.133. The van der Waals surface area contributed by atoms with Gasteiger partial charge in [-0.15, -0.1) is 0 Å². The normalized spacial score (nSPS) is 24.1. The van der Waals surface area contributed by atoms with Gasteiger partial charge in [0.1, 0.15) is 0 Å². The first-order valence-electron chi connectivity index (χ1n) is 7.34. The molecule has 0 spiro atoms. The van der Waals surface area contributed by atoms with Crippen molar-refractivity contribution in [2.24, 2.45) is 5.41 Å². The molecule has 0 saturated carbocycles. The summed E-state index contributed by atoms with van der Waals surface area (Å²) in [6.07, 6.45) is 2.91. The van der Waals surface area contributed by atoms with Gasteiger partial charge in [-0.3, -0.25) is 4.79 Å². The van der Waals surface area contributed by atoms with Crippen LogP contribution < -0.4 is 10.6 Å². The van der Waals surface area contributed by atoms with Gasteiger partial charge in [0.15, 0.2) is 0 Å². The van der Waals surface area contributed by atoms with E-state index in [0.717, 1.165) is 37.9 Å². The van der Waals surface area contributed by atoms with E-state index in [2.05, 4.69) is 17.6 Å². The van der Waals surface area contributed by atoms with E-state index in [9.17, 15) is 4.79 Å². The maximum absolute atomic E-state index is 12.6. The number of piperidine rings is 1. The van der Waals surface area contributed by atoms with Crippen LogP contribution in [-0.4, -0.2) is 19.0 Å². The van der Waals surface area contributed by atoms with Crippen LogP contribution in [0.25, 0.3) is 0 Å². The Balaban J connectivity index is 2.04. The Morgan fingerprint density at radius 2 is 2.15 bits per heavy atom. The molecule has 20 heavy (non-hydrogen) atoms. The second kappa shape index (κ2) is 6.59. The average Bonchev–Trinajstić information content (AvgIpc) is 2.48. The molecule has 1 amide bonds. The molecule has 0 aromatic heterocycles.